The molecular formula is C27H21N3O4. The molecule has 0 spiro atoms. The number of anilines is 1. The molecule has 2 atom stereocenters. The molecule has 2 N–H and O–H groups in total. The number of benzene rings is 3. The largest absolute Gasteiger partial charge is 0.478 e. The Kier molecular flexibility index (Phi) is 4.35. The SMILES string of the molecule is Cc1ccc(C2c3[nH]c4ccccc4c3CC3C(=O)N(c4ccccc4C(=O)O)C(=O)N32)cc1. The van der Waals surface area contributed by atoms with Crippen molar-refractivity contribution in [1.29, 1.82) is 0 Å². The number of H-pyrrole nitrogens is 1. The van der Waals surface area contributed by atoms with E-state index in [-0.39, 0.29) is 11.3 Å². The number of aromatic amines is 1. The lowest BCUT2D eigenvalue weighted by Gasteiger charge is -2.36. The van der Waals surface area contributed by atoms with Gasteiger partial charge in [0.15, 0.2) is 0 Å². The number of carboxylic acid groups (broad SMARTS) is 1. The summed E-state index contributed by atoms with van der Waals surface area (Å²) >= 11 is 0. The van der Waals surface area contributed by atoms with Gasteiger partial charge in [0.2, 0.25) is 0 Å². The van der Waals surface area contributed by atoms with Gasteiger partial charge in [-0.1, -0.05) is 60.2 Å². The molecule has 1 aromatic heterocycles. The van der Waals surface area contributed by atoms with Crippen molar-refractivity contribution in [2.75, 3.05) is 4.90 Å². The topological polar surface area (TPSA) is 93.7 Å². The smallest absolute Gasteiger partial charge is 0.337 e. The Morgan fingerprint density at radius 3 is 2.44 bits per heavy atom. The molecule has 2 aliphatic heterocycles. The number of hydrogen-bond donors (Lipinski definition) is 2. The Balaban J connectivity index is 1.55. The van der Waals surface area contributed by atoms with Crippen molar-refractivity contribution in [1.82, 2.24) is 9.88 Å². The van der Waals surface area contributed by atoms with Gasteiger partial charge in [0.05, 0.1) is 11.3 Å². The van der Waals surface area contributed by atoms with Crippen LogP contribution in [0.2, 0.25) is 0 Å². The van der Waals surface area contributed by atoms with Gasteiger partial charge in [-0.15, -0.1) is 0 Å². The van der Waals surface area contributed by atoms with Crippen LogP contribution in [0.3, 0.4) is 0 Å². The highest BCUT2D eigenvalue weighted by molar-refractivity contribution is 6.23. The van der Waals surface area contributed by atoms with Crippen molar-refractivity contribution in [3.63, 3.8) is 0 Å². The van der Waals surface area contributed by atoms with Gasteiger partial charge < -0.3 is 10.1 Å². The molecule has 2 aliphatic rings. The van der Waals surface area contributed by atoms with E-state index < -0.39 is 30.0 Å². The van der Waals surface area contributed by atoms with E-state index in [0.29, 0.717) is 6.42 Å². The van der Waals surface area contributed by atoms with E-state index >= 15 is 0 Å². The number of fused-ring (bicyclic) bond motifs is 4. The quantitative estimate of drug-likeness (QED) is 0.443. The molecule has 2 unspecified atom stereocenters. The Morgan fingerprint density at radius 2 is 1.68 bits per heavy atom. The van der Waals surface area contributed by atoms with Crippen LogP contribution < -0.4 is 4.90 Å². The first-order valence-corrected chi connectivity index (χ1v) is 11.1. The normalized spacial score (nSPS) is 19.4. The monoisotopic (exact) mass is 451 g/mol. The van der Waals surface area contributed by atoms with E-state index in [9.17, 15) is 19.5 Å². The van der Waals surface area contributed by atoms with Crippen LogP contribution in [-0.4, -0.2) is 38.9 Å². The third-order valence-corrected chi connectivity index (χ3v) is 6.82. The Hall–Kier alpha value is -4.39. The summed E-state index contributed by atoms with van der Waals surface area (Å²) in [4.78, 5) is 45.5. The summed E-state index contributed by atoms with van der Waals surface area (Å²) in [6.45, 7) is 2.00. The summed E-state index contributed by atoms with van der Waals surface area (Å²) in [6.07, 6.45) is 0.359. The van der Waals surface area contributed by atoms with E-state index in [1.807, 2.05) is 55.5 Å². The fraction of sp³-hybridized carbons (Fsp3) is 0.148. The third kappa shape index (κ3) is 2.80. The van der Waals surface area contributed by atoms with E-state index in [1.165, 1.54) is 12.1 Å². The number of aromatic nitrogens is 1. The second-order valence-corrected chi connectivity index (χ2v) is 8.78. The minimum Gasteiger partial charge on any atom is -0.478 e. The van der Waals surface area contributed by atoms with E-state index in [4.69, 9.17) is 0 Å². The fourth-order valence-corrected chi connectivity index (χ4v) is 5.24. The zero-order valence-electron chi connectivity index (χ0n) is 18.4. The second kappa shape index (κ2) is 7.31. The summed E-state index contributed by atoms with van der Waals surface area (Å²) in [6, 6.07) is 20.2. The van der Waals surface area contributed by atoms with E-state index in [2.05, 4.69) is 4.98 Å². The maximum Gasteiger partial charge on any atom is 0.337 e. The van der Waals surface area contributed by atoms with Crippen molar-refractivity contribution >= 4 is 34.5 Å². The lowest BCUT2D eigenvalue weighted by molar-refractivity contribution is -0.120. The van der Waals surface area contributed by atoms with Crippen LogP contribution in [0.1, 0.15) is 38.8 Å². The summed E-state index contributed by atoms with van der Waals surface area (Å²) in [7, 11) is 0. The van der Waals surface area contributed by atoms with Crippen LogP contribution >= 0.6 is 0 Å². The number of carboxylic acids is 1. The molecule has 1 fully saturated rings. The molecule has 6 rings (SSSR count). The lowest BCUT2D eigenvalue weighted by Crippen LogP contribution is -2.44. The van der Waals surface area contributed by atoms with Gasteiger partial charge in [-0.2, -0.15) is 0 Å². The van der Waals surface area contributed by atoms with Crippen molar-refractivity contribution < 1.29 is 19.5 Å². The molecule has 7 heteroatoms. The number of para-hydroxylation sites is 2. The Morgan fingerprint density at radius 1 is 0.971 bits per heavy atom. The number of urea groups is 1. The molecule has 3 aromatic carbocycles. The first kappa shape index (κ1) is 20.2. The number of carbonyl (C=O) groups is 3. The van der Waals surface area contributed by atoms with Gasteiger partial charge in [0, 0.05) is 23.0 Å². The number of nitrogens with zero attached hydrogens (tertiary/aromatic N) is 2. The number of nitrogens with one attached hydrogen (secondary N) is 1. The molecule has 0 aliphatic carbocycles. The van der Waals surface area contributed by atoms with Crippen LogP contribution in [0.4, 0.5) is 10.5 Å². The van der Waals surface area contributed by atoms with Crippen molar-refractivity contribution in [3.05, 3.63) is 101 Å². The number of hydrogen-bond acceptors (Lipinski definition) is 3. The van der Waals surface area contributed by atoms with Crippen LogP contribution in [0.5, 0.6) is 0 Å². The summed E-state index contributed by atoms with van der Waals surface area (Å²) in [5, 5.41) is 10.7. The average molecular weight is 451 g/mol. The highest BCUT2D eigenvalue weighted by Crippen LogP contribution is 2.45. The number of amides is 3. The molecule has 3 amide bonds. The minimum atomic E-state index is -1.19. The number of aromatic carboxylic acids is 1. The van der Waals surface area contributed by atoms with E-state index in [1.54, 1.807) is 17.0 Å². The highest BCUT2D eigenvalue weighted by atomic mass is 16.4. The van der Waals surface area contributed by atoms with Crippen LogP contribution in [0, 0.1) is 6.92 Å². The number of imide groups is 1. The van der Waals surface area contributed by atoms with E-state index in [0.717, 1.165) is 38.2 Å². The third-order valence-electron chi connectivity index (χ3n) is 6.82. The Bertz CT molecular complexity index is 1490. The summed E-state index contributed by atoms with van der Waals surface area (Å²) < 4.78 is 0. The minimum absolute atomic E-state index is 0.0834. The molecule has 168 valence electrons. The molecule has 7 nitrogen and oxygen atoms in total. The van der Waals surface area contributed by atoms with Gasteiger partial charge in [0.1, 0.15) is 12.1 Å². The van der Waals surface area contributed by atoms with Gasteiger partial charge >= 0.3 is 12.0 Å². The number of rotatable bonds is 3. The Labute approximate surface area is 195 Å². The van der Waals surface area contributed by atoms with Crippen LogP contribution in [-0.2, 0) is 11.2 Å². The van der Waals surface area contributed by atoms with Crippen molar-refractivity contribution in [2.45, 2.75) is 25.4 Å². The molecule has 1 saturated heterocycles. The number of aryl methyl sites for hydroxylation is 1. The summed E-state index contributed by atoms with van der Waals surface area (Å²) in [5.74, 6) is -1.60. The maximum absolute atomic E-state index is 13.8. The van der Waals surface area contributed by atoms with Gasteiger partial charge in [-0.25, -0.2) is 14.5 Å². The molecular weight excluding hydrogens is 430 g/mol. The lowest BCUT2D eigenvalue weighted by atomic mass is 9.88. The molecule has 0 saturated carbocycles. The fourth-order valence-electron chi connectivity index (χ4n) is 5.24. The predicted octanol–water partition coefficient (Wildman–Crippen LogP) is 4.66. The van der Waals surface area contributed by atoms with Crippen molar-refractivity contribution in [2.24, 2.45) is 0 Å². The average Bonchev–Trinajstić information content (AvgIpc) is 3.33. The van der Waals surface area contributed by atoms with Gasteiger partial charge in [0.25, 0.3) is 5.91 Å². The molecule has 4 aromatic rings. The predicted molar refractivity (Wildman–Crippen MR) is 127 cm³/mol. The maximum atomic E-state index is 13.8. The molecule has 0 radical (unpaired) electrons. The second-order valence-electron chi connectivity index (χ2n) is 8.78. The zero-order valence-corrected chi connectivity index (χ0v) is 18.4. The number of carbonyl (C=O) groups excluding carboxylic acids is 2. The highest BCUT2D eigenvalue weighted by Gasteiger charge is 2.53. The summed E-state index contributed by atoms with van der Waals surface area (Å²) in [5.41, 5.74) is 4.84. The van der Waals surface area contributed by atoms with Crippen LogP contribution in [0.15, 0.2) is 72.8 Å². The molecule has 0 bridgehead atoms. The van der Waals surface area contributed by atoms with Crippen molar-refractivity contribution in [3.8, 4) is 0 Å². The zero-order chi connectivity index (χ0) is 23.6. The molecule has 3 heterocycles. The first-order chi connectivity index (χ1) is 16.5. The van der Waals surface area contributed by atoms with Gasteiger partial charge in [-0.3, -0.25) is 9.69 Å². The van der Waals surface area contributed by atoms with Crippen LogP contribution in [0.25, 0.3) is 10.9 Å². The first-order valence-electron chi connectivity index (χ1n) is 11.1. The van der Waals surface area contributed by atoms with Gasteiger partial charge in [-0.05, 0) is 36.2 Å². The standard InChI is InChI=1S/C27H21N3O4/c1-15-10-12-16(13-11-15)24-23-19(17-6-2-4-8-20(17)28-23)14-22-25(31)30(27(34)29(22)24)21-9-5-3-7-18(21)26(32)33/h2-13,22,24,28H,14H2,1H3,(H,32,33). The molecule has 34 heavy (non-hydrogen) atoms.